The predicted molar refractivity (Wildman–Crippen MR) is 98.8 cm³/mol. The van der Waals surface area contributed by atoms with E-state index in [4.69, 9.17) is 9.47 Å². The zero-order valence-corrected chi connectivity index (χ0v) is 15.0. The number of amides is 1. The number of nitrogens with zero attached hydrogens (tertiary/aromatic N) is 2. The summed E-state index contributed by atoms with van der Waals surface area (Å²) in [5.41, 5.74) is 3.15. The number of carbonyl (C=O) groups excluding carboxylic acids is 1. The van der Waals surface area contributed by atoms with Crippen molar-refractivity contribution >= 4 is 11.5 Å². The molecule has 1 aromatic heterocycles. The number of aromatic nitrogens is 1. The fourth-order valence-corrected chi connectivity index (χ4v) is 3.54. The Morgan fingerprint density at radius 3 is 2.67 bits per heavy atom. The van der Waals surface area contributed by atoms with E-state index in [1.54, 1.807) is 12.3 Å². The van der Waals surface area contributed by atoms with E-state index in [0.717, 1.165) is 29.5 Å². The van der Waals surface area contributed by atoms with Gasteiger partial charge in [-0.2, -0.15) is 0 Å². The van der Waals surface area contributed by atoms with E-state index in [0.29, 0.717) is 24.7 Å². The van der Waals surface area contributed by atoms with E-state index in [1.165, 1.54) is 0 Å². The van der Waals surface area contributed by atoms with Gasteiger partial charge in [0, 0.05) is 19.0 Å². The van der Waals surface area contributed by atoms with Gasteiger partial charge >= 0.3 is 0 Å². The largest absolute Gasteiger partial charge is 0.347 e. The van der Waals surface area contributed by atoms with Gasteiger partial charge < -0.3 is 9.47 Å². The Kier molecular flexibility index (Phi) is 5.03. The second kappa shape index (κ2) is 7.60. The van der Waals surface area contributed by atoms with Crippen LogP contribution in [0.5, 0.6) is 0 Å². The second-order valence-corrected chi connectivity index (χ2v) is 6.82. The number of carbonyl (C=O) groups is 1. The summed E-state index contributed by atoms with van der Waals surface area (Å²) < 4.78 is 11.5. The van der Waals surface area contributed by atoms with Crippen LogP contribution in [0.3, 0.4) is 0 Å². The Morgan fingerprint density at radius 1 is 1.19 bits per heavy atom. The third-order valence-electron chi connectivity index (χ3n) is 5.01. The van der Waals surface area contributed by atoms with E-state index in [9.17, 15) is 10.0 Å². The molecule has 0 atom stereocenters. The summed E-state index contributed by atoms with van der Waals surface area (Å²) in [6.07, 6.45) is 6.02. The minimum Gasteiger partial charge on any atom is -0.347 e. The third-order valence-corrected chi connectivity index (χ3v) is 5.01. The number of allylic oxidation sites excluding steroid dienone is 1. The molecule has 1 aromatic carbocycles. The minimum absolute atomic E-state index is 0.117. The first-order valence-corrected chi connectivity index (χ1v) is 9.13. The SMILES string of the molecule is O=C(c1cc(C2=CCC3(CC2)OCCO3)ccn1)N(O)Cc1ccccc1. The molecule has 27 heavy (non-hydrogen) atoms. The second-order valence-electron chi connectivity index (χ2n) is 6.82. The fraction of sp³-hybridized carbons (Fsp3) is 0.333. The number of benzene rings is 1. The quantitative estimate of drug-likeness (QED) is 0.663. The molecule has 2 heterocycles. The molecule has 1 aliphatic heterocycles. The highest BCUT2D eigenvalue weighted by molar-refractivity contribution is 5.92. The van der Waals surface area contributed by atoms with Crippen LogP contribution in [-0.2, 0) is 16.0 Å². The fourth-order valence-electron chi connectivity index (χ4n) is 3.54. The van der Waals surface area contributed by atoms with E-state index in [2.05, 4.69) is 11.1 Å². The molecular formula is C21H22N2O4. The first kappa shape index (κ1) is 17.9. The van der Waals surface area contributed by atoms with Crippen molar-refractivity contribution in [3.05, 3.63) is 71.6 Å². The van der Waals surface area contributed by atoms with E-state index >= 15 is 0 Å². The summed E-state index contributed by atoms with van der Waals surface area (Å²) in [7, 11) is 0. The number of hydrogen-bond acceptors (Lipinski definition) is 5. The topological polar surface area (TPSA) is 71.9 Å². The summed E-state index contributed by atoms with van der Waals surface area (Å²) in [6.45, 7) is 1.40. The van der Waals surface area contributed by atoms with Crippen LogP contribution in [0.25, 0.3) is 5.57 Å². The molecule has 0 radical (unpaired) electrons. The van der Waals surface area contributed by atoms with Crippen LogP contribution in [0.2, 0.25) is 0 Å². The summed E-state index contributed by atoms with van der Waals surface area (Å²) in [6, 6.07) is 13.0. The molecule has 140 valence electrons. The van der Waals surface area contributed by atoms with Gasteiger partial charge in [0.1, 0.15) is 5.69 Å². The number of rotatable bonds is 4. The standard InChI is InChI=1S/C21H22N2O4/c24-20(23(25)15-16-4-2-1-3-5-16)19-14-18(8-11-22-19)17-6-9-21(10-7-17)26-12-13-27-21/h1-6,8,11,14,25H,7,9-10,12-13,15H2. The third kappa shape index (κ3) is 3.93. The summed E-state index contributed by atoms with van der Waals surface area (Å²) >= 11 is 0. The monoisotopic (exact) mass is 366 g/mol. The predicted octanol–water partition coefficient (Wildman–Crippen LogP) is 3.42. The summed E-state index contributed by atoms with van der Waals surface area (Å²) in [5, 5.41) is 10.9. The van der Waals surface area contributed by atoms with Crippen molar-refractivity contribution in [2.45, 2.75) is 31.6 Å². The highest BCUT2D eigenvalue weighted by atomic mass is 16.7. The van der Waals surface area contributed by atoms with Crippen LogP contribution < -0.4 is 0 Å². The molecule has 2 aliphatic rings. The van der Waals surface area contributed by atoms with Crippen molar-refractivity contribution in [1.29, 1.82) is 0 Å². The van der Waals surface area contributed by atoms with E-state index in [-0.39, 0.29) is 12.2 Å². The highest BCUT2D eigenvalue weighted by Gasteiger charge is 2.37. The van der Waals surface area contributed by atoms with Gasteiger partial charge in [0.05, 0.1) is 19.8 Å². The Balaban J connectivity index is 1.47. The minimum atomic E-state index is -0.518. The van der Waals surface area contributed by atoms with Crippen molar-refractivity contribution in [1.82, 2.24) is 10.0 Å². The normalized spacial score (nSPS) is 18.3. The molecule has 0 unspecified atom stereocenters. The molecule has 1 amide bonds. The van der Waals surface area contributed by atoms with Gasteiger partial charge in [-0.05, 0) is 35.3 Å². The highest BCUT2D eigenvalue weighted by Crippen LogP contribution is 2.38. The molecule has 1 aliphatic carbocycles. The van der Waals surface area contributed by atoms with Crippen LogP contribution >= 0.6 is 0 Å². The van der Waals surface area contributed by atoms with Gasteiger partial charge in [0.15, 0.2) is 5.79 Å². The Hall–Kier alpha value is -2.54. The smallest absolute Gasteiger partial charge is 0.296 e. The summed E-state index contributed by atoms with van der Waals surface area (Å²) in [4.78, 5) is 16.7. The zero-order valence-electron chi connectivity index (χ0n) is 15.0. The molecule has 4 rings (SSSR count). The molecule has 6 heteroatoms. The van der Waals surface area contributed by atoms with Crippen molar-refractivity contribution in [2.24, 2.45) is 0 Å². The van der Waals surface area contributed by atoms with Crippen LogP contribution in [0, 0.1) is 0 Å². The lowest BCUT2D eigenvalue weighted by molar-refractivity contribution is -0.159. The Labute approximate surface area is 158 Å². The maximum atomic E-state index is 12.5. The van der Waals surface area contributed by atoms with Crippen molar-refractivity contribution < 1.29 is 19.5 Å². The lowest BCUT2D eigenvalue weighted by Gasteiger charge is -2.30. The number of pyridine rings is 1. The molecule has 1 fully saturated rings. The first-order valence-electron chi connectivity index (χ1n) is 9.13. The van der Waals surface area contributed by atoms with Crippen molar-refractivity contribution in [2.75, 3.05) is 13.2 Å². The maximum absolute atomic E-state index is 12.5. The first-order chi connectivity index (χ1) is 13.2. The maximum Gasteiger partial charge on any atom is 0.296 e. The van der Waals surface area contributed by atoms with Crippen LogP contribution in [-0.4, -0.2) is 40.2 Å². The zero-order chi connectivity index (χ0) is 18.7. The molecule has 0 bridgehead atoms. The van der Waals surface area contributed by atoms with Gasteiger partial charge in [-0.25, -0.2) is 5.06 Å². The van der Waals surface area contributed by atoms with Crippen molar-refractivity contribution in [3.63, 3.8) is 0 Å². The molecule has 1 N–H and O–H groups in total. The molecule has 1 saturated heterocycles. The number of hydrogen-bond donors (Lipinski definition) is 1. The summed E-state index contributed by atoms with van der Waals surface area (Å²) in [5.74, 6) is -0.983. The number of ether oxygens (including phenoxy) is 2. The molecule has 6 nitrogen and oxygen atoms in total. The average Bonchev–Trinajstić information content (AvgIpc) is 3.17. The average molecular weight is 366 g/mol. The van der Waals surface area contributed by atoms with E-state index in [1.807, 2.05) is 36.4 Å². The van der Waals surface area contributed by atoms with Gasteiger partial charge in [-0.3, -0.25) is 15.0 Å². The van der Waals surface area contributed by atoms with Gasteiger partial charge in [0.2, 0.25) is 0 Å². The molecule has 0 saturated carbocycles. The Morgan fingerprint density at radius 2 is 1.96 bits per heavy atom. The molecular weight excluding hydrogens is 344 g/mol. The van der Waals surface area contributed by atoms with Crippen LogP contribution in [0.1, 0.15) is 40.9 Å². The van der Waals surface area contributed by atoms with Crippen LogP contribution in [0.4, 0.5) is 0 Å². The molecule has 2 aromatic rings. The molecule has 1 spiro atoms. The van der Waals surface area contributed by atoms with Crippen LogP contribution in [0.15, 0.2) is 54.7 Å². The van der Waals surface area contributed by atoms with Gasteiger partial charge in [-0.15, -0.1) is 0 Å². The lowest BCUT2D eigenvalue weighted by atomic mass is 9.90. The van der Waals surface area contributed by atoms with Gasteiger partial charge in [0.25, 0.3) is 5.91 Å². The van der Waals surface area contributed by atoms with Gasteiger partial charge in [-0.1, -0.05) is 36.4 Å². The lowest BCUT2D eigenvalue weighted by Crippen LogP contribution is -2.31. The van der Waals surface area contributed by atoms with Crippen molar-refractivity contribution in [3.8, 4) is 0 Å². The number of hydroxylamine groups is 2. The van der Waals surface area contributed by atoms with E-state index < -0.39 is 11.7 Å². The Bertz CT molecular complexity index is 844.